The van der Waals surface area contributed by atoms with Gasteiger partial charge in [-0.05, 0) is 51.1 Å². The number of aliphatic carboxylic acids is 1. The Bertz CT molecular complexity index is 781. The average Bonchev–Trinajstić information content (AvgIpc) is 2.87. The smallest absolute Gasteiger partial charge is 0.304 e. The Morgan fingerprint density at radius 3 is 2.46 bits per heavy atom. The summed E-state index contributed by atoms with van der Waals surface area (Å²) in [6.45, 7) is 5.33. The number of halogens is 1. The fourth-order valence-corrected chi connectivity index (χ4v) is 3.14. The lowest BCUT2D eigenvalue weighted by atomic mass is 10.1. The number of benzene rings is 1. The van der Waals surface area contributed by atoms with Gasteiger partial charge in [0.05, 0.1) is 13.0 Å². The first-order chi connectivity index (χ1) is 12.3. The third-order valence-corrected chi connectivity index (χ3v) is 4.78. The maximum absolute atomic E-state index is 12.6. The molecule has 0 amide bonds. The van der Waals surface area contributed by atoms with E-state index in [9.17, 15) is 9.59 Å². The van der Waals surface area contributed by atoms with Crippen molar-refractivity contribution in [1.82, 2.24) is 9.47 Å². The molecule has 0 aliphatic heterocycles. The molecule has 26 heavy (non-hydrogen) atoms. The zero-order valence-corrected chi connectivity index (χ0v) is 16.2. The zero-order chi connectivity index (χ0) is 19.3. The molecule has 5 nitrogen and oxygen atoms in total. The van der Waals surface area contributed by atoms with Crippen molar-refractivity contribution in [3.63, 3.8) is 0 Å². The van der Waals surface area contributed by atoms with Crippen LogP contribution in [0.2, 0.25) is 5.02 Å². The van der Waals surface area contributed by atoms with Gasteiger partial charge in [0.25, 0.3) is 0 Å². The number of carbonyl (C=O) groups excluding carboxylic acids is 1. The van der Waals surface area contributed by atoms with Crippen LogP contribution in [0, 0.1) is 13.8 Å². The van der Waals surface area contributed by atoms with Gasteiger partial charge in [-0.3, -0.25) is 14.5 Å². The van der Waals surface area contributed by atoms with Crippen LogP contribution in [0.15, 0.2) is 30.3 Å². The number of aromatic nitrogens is 1. The predicted molar refractivity (Wildman–Crippen MR) is 103 cm³/mol. The molecule has 0 bridgehead atoms. The van der Waals surface area contributed by atoms with E-state index in [0.717, 1.165) is 29.4 Å². The Morgan fingerprint density at radius 1 is 1.19 bits per heavy atom. The molecular weight excluding hydrogens is 352 g/mol. The maximum atomic E-state index is 12.6. The molecule has 1 N–H and O–H groups in total. The highest BCUT2D eigenvalue weighted by Gasteiger charge is 2.17. The average molecular weight is 377 g/mol. The summed E-state index contributed by atoms with van der Waals surface area (Å²) in [4.78, 5) is 25.0. The van der Waals surface area contributed by atoms with Crippen molar-refractivity contribution in [2.45, 2.75) is 33.2 Å². The van der Waals surface area contributed by atoms with Crippen molar-refractivity contribution in [1.29, 1.82) is 0 Å². The van der Waals surface area contributed by atoms with Crippen molar-refractivity contribution in [3.05, 3.63) is 57.9 Å². The van der Waals surface area contributed by atoms with Crippen LogP contribution in [0.4, 0.5) is 0 Å². The highest BCUT2D eigenvalue weighted by molar-refractivity contribution is 6.30. The summed E-state index contributed by atoms with van der Waals surface area (Å²) in [5.41, 5.74) is 3.91. The van der Waals surface area contributed by atoms with Crippen molar-refractivity contribution >= 4 is 23.4 Å². The number of carboxylic acids is 1. The number of rotatable bonds is 9. The highest BCUT2D eigenvalue weighted by Crippen LogP contribution is 2.18. The summed E-state index contributed by atoms with van der Waals surface area (Å²) in [5.74, 6) is -0.839. The lowest BCUT2D eigenvalue weighted by Gasteiger charge is -2.14. The van der Waals surface area contributed by atoms with Crippen LogP contribution in [0.1, 0.15) is 33.7 Å². The number of hydrogen-bond donors (Lipinski definition) is 1. The fourth-order valence-electron chi connectivity index (χ4n) is 3.02. The fraction of sp³-hybridized carbons (Fsp3) is 0.400. The second-order valence-corrected chi connectivity index (χ2v) is 7.05. The van der Waals surface area contributed by atoms with Gasteiger partial charge < -0.3 is 9.67 Å². The maximum Gasteiger partial charge on any atom is 0.304 e. The second-order valence-electron chi connectivity index (χ2n) is 6.62. The van der Waals surface area contributed by atoms with E-state index in [4.69, 9.17) is 16.7 Å². The van der Waals surface area contributed by atoms with Gasteiger partial charge in [-0.2, -0.15) is 0 Å². The van der Waals surface area contributed by atoms with Gasteiger partial charge >= 0.3 is 5.97 Å². The number of ketones is 1. The molecule has 0 aliphatic carbocycles. The topological polar surface area (TPSA) is 62.5 Å². The number of nitrogens with zero attached hydrogens (tertiary/aromatic N) is 2. The van der Waals surface area contributed by atoms with Crippen molar-refractivity contribution in [2.75, 3.05) is 20.1 Å². The molecule has 0 unspecified atom stereocenters. The van der Waals surface area contributed by atoms with E-state index in [0.29, 0.717) is 12.1 Å². The van der Waals surface area contributed by atoms with Crippen LogP contribution in [0.5, 0.6) is 0 Å². The number of Topliss-reactive ketones (excluding diaryl/α,β-unsaturated/α-hetero) is 1. The number of carboxylic acid groups (broad SMARTS) is 1. The minimum absolute atomic E-state index is 0.0173. The quantitative estimate of drug-likeness (QED) is 0.679. The van der Waals surface area contributed by atoms with Gasteiger partial charge in [0, 0.05) is 35.1 Å². The normalized spacial score (nSPS) is 11.1. The highest BCUT2D eigenvalue weighted by atomic mass is 35.5. The van der Waals surface area contributed by atoms with E-state index in [2.05, 4.69) is 4.57 Å². The first kappa shape index (κ1) is 20.2. The van der Waals surface area contributed by atoms with Gasteiger partial charge in [-0.15, -0.1) is 0 Å². The van der Waals surface area contributed by atoms with E-state index in [1.54, 1.807) is 11.9 Å². The largest absolute Gasteiger partial charge is 0.481 e. The molecular formula is C20H25ClN2O3. The third-order valence-electron chi connectivity index (χ3n) is 4.53. The summed E-state index contributed by atoms with van der Waals surface area (Å²) in [7, 11) is 1.76. The Kier molecular flexibility index (Phi) is 7.00. The van der Waals surface area contributed by atoms with E-state index in [-0.39, 0.29) is 18.7 Å². The number of hydrogen-bond acceptors (Lipinski definition) is 3. The standard InChI is InChI=1S/C20H25ClN2O3/c1-14-12-18(19(24)13-22(3)10-9-20(25)26)15(2)23(14)11-8-16-4-6-17(21)7-5-16/h4-7,12H,8-11,13H2,1-3H3,(H,25,26). The number of carbonyl (C=O) groups is 2. The predicted octanol–water partition coefficient (Wildman–Crippen LogP) is 3.59. The molecule has 0 spiro atoms. The minimum atomic E-state index is -0.857. The van der Waals surface area contributed by atoms with Gasteiger partial charge in [-0.1, -0.05) is 23.7 Å². The Balaban J connectivity index is 2.02. The van der Waals surface area contributed by atoms with Gasteiger partial charge in [-0.25, -0.2) is 0 Å². The third kappa shape index (κ3) is 5.44. The number of aryl methyl sites for hydroxylation is 2. The summed E-state index contributed by atoms with van der Waals surface area (Å²) >= 11 is 5.92. The first-order valence-corrected chi connectivity index (χ1v) is 9.00. The van der Waals surface area contributed by atoms with E-state index >= 15 is 0 Å². The molecule has 0 atom stereocenters. The lowest BCUT2D eigenvalue weighted by Crippen LogP contribution is -2.28. The van der Waals surface area contributed by atoms with Gasteiger partial charge in [0.15, 0.2) is 5.78 Å². The Hall–Kier alpha value is -2.11. The summed E-state index contributed by atoms with van der Waals surface area (Å²) in [5, 5.41) is 9.47. The van der Waals surface area contributed by atoms with Crippen LogP contribution in [-0.2, 0) is 17.8 Å². The zero-order valence-electron chi connectivity index (χ0n) is 15.5. The number of likely N-dealkylation sites (N-methyl/N-ethyl adjacent to an activating group) is 1. The molecule has 0 fully saturated rings. The van der Waals surface area contributed by atoms with Crippen LogP contribution >= 0.6 is 11.6 Å². The molecule has 2 aromatic rings. The Morgan fingerprint density at radius 2 is 1.85 bits per heavy atom. The first-order valence-electron chi connectivity index (χ1n) is 8.62. The van der Waals surface area contributed by atoms with E-state index in [1.807, 2.05) is 44.2 Å². The lowest BCUT2D eigenvalue weighted by molar-refractivity contribution is -0.137. The Labute approximate surface area is 159 Å². The van der Waals surface area contributed by atoms with Gasteiger partial charge in [0.1, 0.15) is 0 Å². The van der Waals surface area contributed by atoms with Gasteiger partial charge in [0.2, 0.25) is 0 Å². The van der Waals surface area contributed by atoms with Crippen LogP contribution in [-0.4, -0.2) is 46.5 Å². The minimum Gasteiger partial charge on any atom is -0.481 e. The van der Waals surface area contributed by atoms with E-state index in [1.165, 1.54) is 5.56 Å². The van der Waals surface area contributed by atoms with Crippen molar-refractivity contribution < 1.29 is 14.7 Å². The molecule has 0 saturated heterocycles. The van der Waals surface area contributed by atoms with Crippen LogP contribution in [0.25, 0.3) is 0 Å². The second kappa shape index (κ2) is 9.01. The molecule has 6 heteroatoms. The molecule has 2 rings (SSSR count). The summed E-state index contributed by atoms with van der Waals surface area (Å²) < 4.78 is 2.15. The molecule has 1 aromatic carbocycles. The van der Waals surface area contributed by atoms with E-state index < -0.39 is 5.97 Å². The molecule has 0 aliphatic rings. The molecule has 1 heterocycles. The van der Waals surface area contributed by atoms with Crippen molar-refractivity contribution in [3.8, 4) is 0 Å². The summed E-state index contributed by atoms with van der Waals surface area (Å²) in [6, 6.07) is 9.72. The molecule has 0 radical (unpaired) electrons. The molecule has 0 saturated carbocycles. The van der Waals surface area contributed by atoms with Crippen LogP contribution in [0.3, 0.4) is 0 Å². The molecule has 1 aromatic heterocycles. The monoisotopic (exact) mass is 376 g/mol. The molecule has 140 valence electrons. The summed E-state index contributed by atoms with van der Waals surface area (Å²) in [6.07, 6.45) is 0.892. The van der Waals surface area contributed by atoms with Crippen molar-refractivity contribution in [2.24, 2.45) is 0 Å². The van der Waals surface area contributed by atoms with Crippen LogP contribution < -0.4 is 0 Å². The SMILES string of the molecule is Cc1cc(C(=O)CN(C)CCC(=O)O)c(C)n1CCc1ccc(Cl)cc1.